The van der Waals surface area contributed by atoms with Crippen molar-refractivity contribution >= 4 is 17.7 Å². The standard InChI is InChI=1S/C19H26N4OS/c1-15-18(12-20-23(15)16-8-5-4-6-9-16)19(24)22-10-7-11-25-14-17(22)13-21(2)3/h4-6,8-9,12,17H,7,10-11,13-14H2,1-3H3. The zero-order valence-corrected chi connectivity index (χ0v) is 16.0. The smallest absolute Gasteiger partial charge is 0.257 e. The molecule has 5 nitrogen and oxygen atoms in total. The Morgan fingerprint density at radius 1 is 1.32 bits per heavy atom. The Morgan fingerprint density at radius 3 is 2.80 bits per heavy atom. The second-order valence-corrected chi connectivity index (χ2v) is 7.88. The zero-order valence-electron chi connectivity index (χ0n) is 15.2. The minimum absolute atomic E-state index is 0.106. The van der Waals surface area contributed by atoms with E-state index in [9.17, 15) is 4.79 Å². The van der Waals surface area contributed by atoms with Gasteiger partial charge < -0.3 is 9.80 Å². The molecule has 1 aromatic carbocycles. The molecule has 0 radical (unpaired) electrons. The van der Waals surface area contributed by atoms with E-state index in [0.29, 0.717) is 5.56 Å². The summed E-state index contributed by atoms with van der Waals surface area (Å²) in [5, 5.41) is 4.46. The molecule has 3 rings (SSSR count). The topological polar surface area (TPSA) is 41.4 Å². The van der Waals surface area contributed by atoms with Gasteiger partial charge in [0.1, 0.15) is 0 Å². The highest BCUT2D eigenvalue weighted by Crippen LogP contribution is 2.22. The number of nitrogens with zero attached hydrogens (tertiary/aromatic N) is 4. The Labute approximate surface area is 154 Å². The average molecular weight is 359 g/mol. The summed E-state index contributed by atoms with van der Waals surface area (Å²) in [7, 11) is 4.13. The van der Waals surface area contributed by atoms with Gasteiger partial charge in [-0.05, 0) is 45.3 Å². The molecule has 1 fully saturated rings. The monoisotopic (exact) mass is 358 g/mol. The number of carbonyl (C=O) groups is 1. The summed E-state index contributed by atoms with van der Waals surface area (Å²) in [6, 6.07) is 10.2. The Kier molecular flexibility index (Phi) is 5.81. The lowest BCUT2D eigenvalue weighted by Gasteiger charge is -2.31. The molecule has 0 spiro atoms. The molecule has 2 heterocycles. The summed E-state index contributed by atoms with van der Waals surface area (Å²) >= 11 is 1.95. The summed E-state index contributed by atoms with van der Waals surface area (Å²) in [4.78, 5) is 17.5. The van der Waals surface area contributed by atoms with E-state index in [-0.39, 0.29) is 11.9 Å². The van der Waals surface area contributed by atoms with Gasteiger partial charge in [0, 0.05) is 18.8 Å². The number of hydrogen-bond donors (Lipinski definition) is 0. The number of carbonyl (C=O) groups excluding carboxylic acids is 1. The molecule has 1 unspecified atom stereocenters. The van der Waals surface area contributed by atoms with Crippen LogP contribution in [0.2, 0.25) is 0 Å². The Balaban J connectivity index is 1.87. The predicted octanol–water partition coefficient (Wildman–Crippen LogP) is 2.69. The zero-order chi connectivity index (χ0) is 17.8. The van der Waals surface area contributed by atoms with Crippen molar-refractivity contribution in [3.8, 4) is 5.69 Å². The van der Waals surface area contributed by atoms with E-state index in [0.717, 1.165) is 42.4 Å². The molecule has 1 aliphatic heterocycles. The maximum atomic E-state index is 13.3. The lowest BCUT2D eigenvalue weighted by molar-refractivity contribution is 0.0675. The van der Waals surface area contributed by atoms with Crippen LogP contribution >= 0.6 is 11.8 Å². The highest BCUT2D eigenvalue weighted by molar-refractivity contribution is 7.99. The first-order chi connectivity index (χ1) is 12.1. The minimum atomic E-state index is 0.106. The highest BCUT2D eigenvalue weighted by Gasteiger charge is 2.29. The average Bonchev–Trinajstić information content (AvgIpc) is 2.83. The number of rotatable bonds is 4. The van der Waals surface area contributed by atoms with Crippen molar-refractivity contribution in [1.82, 2.24) is 19.6 Å². The molecular weight excluding hydrogens is 332 g/mol. The number of hydrogen-bond acceptors (Lipinski definition) is 4. The van der Waals surface area contributed by atoms with Gasteiger partial charge in [-0.1, -0.05) is 18.2 Å². The maximum absolute atomic E-state index is 13.3. The molecule has 0 bridgehead atoms. The number of para-hydroxylation sites is 1. The minimum Gasteiger partial charge on any atom is -0.333 e. The van der Waals surface area contributed by atoms with Gasteiger partial charge in [-0.25, -0.2) is 4.68 Å². The summed E-state index contributed by atoms with van der Waals surface area (Å²) in [5.41, 5.74) is 2.59. The largest absolute Gasteiger partial charge is 0.333 e. The van der Waals surface area contributed by atoms with Crippen molar-refractivity contribution < 1.29 is 4.79 Å². The fourth-order valence-corrected chi connectivity index (χ4v) is 4.33. The third-order valence-electron chi connectivity index (χ3n) is 4.52. The third-order valence-corrected chi connectivity index (χ3v) is 5.71. The summed E-state index contributed by atoms with van der Waals surface area (Å²) in [6.45, 7) is 3.69. The predicted molar refractivity (Wildman–Crippen MR) is 104 cm³/mol. The molecule has 0 saturated carbocycles. The van der Waals surface area contributed by atoms with Gasteiger partial charge >= 0.3 is 0 Å². The van der Waals surface area contributed by atoms with Crippen LogP contribution in [0.5, 0.6) is 0 Å². The van der Waals surface area contributed by atoms with Gasteiger partial charge in [0.2, 0.25) is 0 Å². The third kappa shape index (κ3) is 4.07. The highest BCUT2D eigenvalue weighted by atomic mass is 32.2. The van der Waals surface area contributed by atoms with Crippen LogP contribution in [0.3, 0.4) is 0 Å². The second kappa shape index (κ2) is 8.06. The van der Waals surface area contributed by atoms with Gasteiger partial charge in [0.05, 0.1) is 29.2 Å². The Morgan fingerprint density at radius 2 is 2.08 bits per heavy atom. The molecule has 0 N–H and O–H groups in total. The summed E-state index contributed by atoms with van der Waals surface area (Å²) in [5.74, 6) is 2.22. The fraction of sp³-hybridized carbons (Fsp3) is 0.474. The van der Waals surface area contributed by atoms with E-state index in [1.807, 2.05) is 53.7 Å². The Hall–Kier alpha value is -1.79. The Bertz CT molecular complexity index is 713. The number of amides is 1. The first-order valence-electron chi connectivity index (χ1n) is 8.71. The number of benzene rings is 1. The van der Waals surface area contributed by atoms with Gasteiger partial charge in [-0.3, -0.25) is 4.79 Å². The summed E-state index contributed by atoms with van der Waals surface area (Å²) in [6.07, 6.45) is 2.77. The van der Waals surface area contributed by atoms with Crippen LogP contribution in [-0.2, 0) is 0 Å². The van der Waals surface area contributed by atoms with E-state index in [1.165, 1.54) is 0 Å². The second-order valence-electron chi connectivity index (χ2n) is 6.73. The van der Waals surface area contributed by atoms with Gasteiger partial charge in [-0.2, -0.15) is 16.9 Å². The molecule has 1 amide bonds. The molecule has 1 aliphatic rings. The molecule has 1 aromatic heterocycles. The number of thioether (sulfide) groups is 1. The van der Waals surface area contributed by atoms with Gasteiger partial charge in [-0.15, -0.1) is 0 Å². The lowest BCUT2D eigenvalue weighted by Crippen LogP contribution is -2.46. The lowest BCUT2D eigenvalue weighted by atomic mass is 10.1. The van der Waals surface area contributed by atoms with Crippen molar-refractivity contribution in [2.24, 2.45) is 0 Å². The molecular formula is C19H26N4OS. The SMILES string of the molecule is Cc1c(C(=O)N2CCCSCC2CN(C)C)cnn1-c1ccccc1. The molecule has 25 heavy (non-hydrogen) atoms. The van der Waals surface area contributed by atoms with Gasteiger partial charge in [0.15, 0.2) is 0 Å². The van der Waals surface area contributed by atoms with E-state index in [2.05, 4.69) is 29.0 Å². The quantitative estimate of drug-likeness (QED) is 0.843. The van der Waals surface area contributed by atoms with E-state index in [4.69, 9.17) is 0 Å². The van der Waals surface area contributed by atoms with Crippen LogP contribution in [0.4, 0.5) is 0 Å². The van der Waals surface area contributed by atoms with Crippen LogP contribution in [-0.4, -0.2) is 70.2 Å². The molecule has 0 aliphatic carbocycles. The van der Waals surface area contributed by atoms with Crippen LogP contribution in [0.15, 0.2) is 36.5 Å². The maximum Gasteiger partial charge on any atom is 0.257 e. The van der Waals surface area contributed by atoms with Crippen molar-refractivity contribution in [2.75, 3.05) is 38.7 Å². The van der Waals surface area contributed by atoms with Crippen LogP contribution in [0.1, 0.15) is 22.5 Å². The van der Waals surface area contributed by atoms with Crippen LogP contribution < -0.4 is 0 Å². The van der Waals surface area contributed by atoms with Crippen molar-refractivity contribution in [3.05, 3.63) is 47.8 Å². The molecule has 134 valence electrons. The van der Waals surface area contributed by atoms with Crippen LogP contribution in [0.25, 0.3) is 5.69 Å². The van der Waals surface area contributed by atoms with Crippen molar-refractivity contribution in [3.63, 3.8) is 0 Å². The van der Waals surface area contributed by atoms with E-state index in [1.54, 1.807) is 6.20 Å². The first-order valence-corrected chi connectivity index (χ1v) is 9.87. The van der Waals surface area contributed by atoms with Crippen molar-refractivity contribution in [1.29, 1.82) is 0 Å². The van der Waals surface area contributed by atoms with Crippen LogP contribution in [0, 0.1) is 6.92 Å². The first kappa shape index (κ1) is 18.0. The molecule has 1 saturated heterocycles. The van der Waals surface area contributed by atoms with E-state index < -0.39 is 0 Å². The number of likely N-dealkylation sites (N-methyl/N-ethyl adjacent to an activating group) is 1. The number of aromatic nitrogens is 2. The molecule has 2 aromatic rings. The molecule has 1 atom stereocenters. The van der Waals surface area contributed by atoms with E-state index >= 15 is 0 Å². The fourth-order valence-electron chi connectivity index (χ4n) is 3.27. The van der Waals surface area contributed by atoms with Gasteiger partial charge in [0.25, 0.3) is 5.91 Å². The molecule has 6 heteroatoms. The van der Waals surface area contributed by atoms with Crippen molar-refractivity contribution in [2.45, 2.75) is 19.4 Å². The summed E-state index contributed by atoms with van der Waals surface area (Å²) < 4.78 is 1.85. The normalized spacial score (nSPS) is 18.4.